The smallest absolute Gasteiger partial charge is 0.356 e. The van der Waals surface area contributed by atoms with Crippen LogP contribution in [0.5, 0.6) is 0 Å². The first-order valence-electron chi connectivity index (χ1n) is 4.65. The van der Waals surface area contributed by atoms with Crippen LogP contribution in [0.25, 0.3) is 0 Å². The fourth-order valence-corrected chi connectivity index (χ4v) is 1.56. The zero-order valence-corrected chi connectivity index (χ0v) is 8.00. The Morgan fingerprint density at radius 3 is 2.93 bits per heavy atom. The van der Waals surface area contributed by atoms with Crippen LogP contribution in [0.1, 0.15) is 16.9 Å². The summed E-state index contributed by atoms with van der Waals surface area (Å²) in [7, 11) is 0. The summed E-state index contributed by atoms with van der Waals surface area (Å²) in [4.78, 5) is 20.2. The average Bonchev–Trinajstić information content (AvgIpc) is 2.65. The summed E-state index contributed by atoms with van der Waals surface area (Å²) >= 11 is 0. The van der Waals surface area contributed by atoms with Gasteiger partial charge in [-0.15, -0.1) is 0 Å². The number of aliphatic hydroxyl groups excluding tert-OH is 1. The summed E-state index contributed by atoms with van der Waals surface area (Å²) in [5.74, 6) is -0.587. The standard InChI is InChI=1S/C9H11N3O3/c13-6-1-2-12(5-6)8-4-10-3-7(11-8)9(14)15/h3-4,6,13H,1-2,5H2,(H,14,15). The number of aliphatic hydroxyl groups is 1. The molecule has 2 N–H and O–H groups in total. The molecule has 1 fully saturated rings. The highest BCUT2D eigenvalue weighted by Gasteiger charge is 2.22. The molecular formula is C9H11N3O3. The first-order valence-corrected chi connectivity index (χ1v) is 4.65. The van der Waals surface area contributed by atoms with Crippen molar-refractivity contribution in [2.24, 2.45) is 0 Å². The van der Waals surface area contributed by atoms with Gasteiger partial charge in [-0.2, -0.15) is 0 Å². The minimum Gasteiger partial charge on any atom is -0.476 e. The number of aromatic carboxylic acids is 1. The molecule has 1 unspecified atom stereocenters. The van der Waals surface area contributed by atoms with E-state index in [9.17, 15) is 9.90 Å². The van der Waals surface area contributed by atoms with E-state index in [1.165, 1.54) is 12.4 Å². The van der Waals surface area contributed by atoms with Gasteiger partial charge in [0.2, 0.25) is 0 Å². The predicted molar refractivity (Wildman–Crippen MR) is 51.8 cm³/mol. The molecule has 0 aliphatic carbocycles. The van der Waals surface area contributed by atoms with Gasteiger partial charge >= 0.3 is 5.97 Å². The molecule has 0 spiro atoms. The molecule has 1 aliphatic heterocycles. The van der Waals surface area contributed by atoms with Crippen molar-refractivity contribution in [3.8, 4) is 0 Å². The average molecular weight is 209 g/mol. The molecule has 1 aliphatic rings. The summed E-state index contributed by atoms with van der Waals surface area (Å²) < 4.78 is 0. The number of nitrogens with zero attached hydrogens (tertiary/aromatic N) is 3. The first kappa shape index (κ1) is 9.85. The molecule has 2 heterocycles. The van der Waals surface area contributed by atoms with E-state index in [1.54, 1.807) is 0 Å². The quantitative estimate of drug-likeness (QED) is 0.698. The molecule has 1 aromatic rings. The molecule has 0 amide bonds. The highest BCUT2D eigenvalue weighted by Crippen LogP contribution is 2.17. The van der Waals surface area contributed by atoms with Crippen molar-refractivity contribution < 1.29 is 15.0 Å². The van der Waals surface area contributed by atoms with Gasteiger partial charge in [-0.05, 0) is 6.42 Å². The van der Waals surface area contributed by atoms with Gasteiger partial charge in [0.15, 0.2) is 5.69 Å². The zero-order valence-electron chi connectivity index (χ0n) is 8.00. The number of carbonyl (C=O) groups is 1. The third kappa shape index (κ3) is 2.04. The Kier molecular flexibility index (Phi) is 2.51. The fraction of sp³-hybridized carbons (Fsp3) is 0.444. The van der Waals surface area contributed by atoms with Crippen molar-refractivity contribution in [3.63, 3.8) is 0 Å². The van der Waals surface area contributed by atoms with E-state index in [4.69, 9.17) is 5.11 Å². The van der Waals surface area contributed by atoms with Gasteiger partial charge in [-0.1, -0.05) is 0 Å². The molecule has 1 atom stereocenters. The van der Waals surface area contributed by atoms with Crippen LogP contribution in [0.4, 0.5) is 5.82 Å². The van der Waals surface area contributed by atoms with Crippen molar-refractivity contribution >= 4 is 11.8 Å². The Morgan fingerprint density at radius 1 is 1.53 bits per heavy atom. The number of anilines is 1. The van der Waals surface area contributed by atoms with Crippen LogP contribution in [0, 0.1) is 0 Å². The van der Waals surface area contributed by atoms with Gasteiger partial charge in [0.1, 0.15) is 5.82 Å². The second-order valence-corrected chi connectivity index (χ2v) is 3.46. The highest BCUT2D eigenvalue weighted by atomic mass is 16.4. The number of carboxylic acids is 1. The van der Waals surface area contributed by atoms with E-state index >= 15 is 0 Å². The van der Waals surface area contributed by atoms with Crippen LogP contribution < -0.4 is 4.90 Å². The molecular weight excluding hydrogens is 198 g/mol. The monoisotopic (exact) mass is 209 g/mol. The summed E-state index contributed by atoms with van der Waals surface area (Å²) in [6, 6.07) is 0. The summed E-state index contributed by atoms with van der Waals surface area (Å²) in [6.07, 6.45) is 3.03. The lowest BCUT2D eigenvalue weighted by Gasteiger charge is -2.15. The number of carboxylic acid groups (broad SMARTS) is 1. The van der Waals surface area contributed by atoms with Gasteiger partial charge in [-0.3, -0.25) is 4.98 Å². The first-order chi connectivity index (χ1) is 7.16. The fourth-order valence-electron chi connectivity index (χ4n) is 1.56. The molecule has 0 aromatic carbocycles. The molecule has 80 valence electrons. The molecule has 6 heteroatoms. The third-order valence-electron chi connectivity index (χ3n) is 2.33. The molecule has 0 bridgehead atoms. The molecule has 0 radical (unpaired) electrons. The van der Waals surface area contributed by atoms with Gasteiger partial charge in [0.25, 0.3) is 0 Å². The molecule has 2 rings (SSSR count). The molecule has 1 saturated heterocycles. The van der Waals surface area contributed by atoms with E-state index in [0.29, 0.717) is 25.3 Å². The maximum Gasteiger partial charge on any atom is 0.356 e. The van der Waals surface area contributed by atoms with Gasteiger partial charge in [0.05, 0.1) is 18.5 Å². The van der Waals surface area contributed by atoms with Crippen LogP contribution in [-0.2, 0) is 0 Å². The normalized spacial score (nSPS) is 20.6. The Morgan fingerprint density at radius 2 is 2.33 bits per heavy atom. The van der Waals surface area contributed by atoms with Crippen molar-refractivity contribution in [1.82, 2.24) is 9.97 Å². The summed E-state index contributed by atoms with van der Waals surface area (Å²) in [5.41, 5.74) is -0.0751. The number of β-amino-alcohol motifs (C(OH)–C–C–N with tert-alkyl or cyclic N) is 1. The SMILES string of the molecule is O=C(O)c1cncc(N2CCC(O)C2)n1. The van der Waals surface area contributed by atoms with Crippen molar-refractivity contribution in [2.75, 3.05) is 18.0 Å². The van der Waals surface area contributed by atoms with E-state index < -0.39 is 5.97 Å². The maximum atomic E-state index is 10.7. The lowest BCUT2D eigenvalue weighted by molar-refractivity contribution is 0.0690. The topological polar surface area (TPSA) is 86.5 Å². The molecule has 6 nitrogen and oxygen atoms in total. The number of hydrogen-bond donors (Lipinski definition) is 2. The van der Waals surface area contributed by atoms with Gasteiger partial charge < -0.3 is 15.1 Å². The zero-order chi connectivity index (χ0) is 10.8. The van der Waals surface area contributed by atoms with E-state index in [-0.39, 0.29) is 11.8 Å². The van der Waals surface area contributed by atoms with Crippen molar-refractivity contribution in [1.29, 1.82) is 0 Å². The summed E-state index contributed by atoms with van der Waals surface area (Å²) in [6.45, 7) is 1.16. The molecule has 0 saturated carbocycles. The maximum absolute atomic E-state index is 10.7. The largest absolute Gasteiger partial charge is 0.476 e. The predicted octanol–water partition coefficient (Wildman–Crippen LogP) is -0.254. The number of aromatic nitrogens is 2. The van der Waals surface area contributed by atoms with Crippen LogP contribution in [0.2, 0.25) is 0 Å². The van der Waals surface area contributed by atoms with Gasteiger partial charge in [-0.25, -0.2) is 9.78 Å². The molecule has 1 aromatic heterocycles. The van der Waals surface area contributed by atoms with Crippen molar-refractivity contribution in [3.05, 3.63) is 18.1 Å². The van der Waals surface area contributed by atoms with Crippen LogP contribution in [0.3, 0.4) is 0 Å². The second-order valence-electron chi connectivity index (χ2n) is 3.46. The third-order valence-corrected chi connectivity index (χ3v) is 2.33. The second kappa shape index (κ2) is 3.82. The van der Waals surface area contributed by atoms with Crippen LogP contribution in [-0.4, -0.2) is 45.3 Å². The highest BCUT2D eigenvalue weighted by molar-refractivity contribution is 5.85. The Hall–Kier alpha value is -1.69. The number of rotatable bonds is 2. The Labute approximate surface area is 86.2 Å². The lowest BCUT2D eigenvalue weighted by atomic mass is 10.3. The lowest BCUT2D eigenvalue weighted by Crippen LogP contribution is -2.23. The van der Waals surface area contributed by atoms with E-state index in [2.05, 4.69) is 9.97 Å². The van der Waals surface area contributed by atoms with Gasteiger partial charge in [0, 0.05) is 13.1 Å². The van der Waals surface area contributed by atoms with E-state index in [0.717, 1.165) is 0 Å². The summed E-state index contributed by atoms with van der Waals surface area (Å²) in [5, 5.41) is 18.1. The van der Waals surface area contributed by atoms with E-state index in [1.807, 2.05) is 4.90 Å². The van der Waals surface area contributed by atoms with Crippen molar-refractivity contribution in [2.45, 2.75) is 12.5 Å². The Bertz CT molecular complexity index is 383. The number of hydrogen-bond acceptors (Lipinski definition) is 5. The van der Waals surface area contributed by atoms with Crippen LogP contribution >= 0.6 is 0 Å². The van der Waals surface area contributed by atoms with Crippen LogP contribution in [0.15, 0.2) is 12.4 Å². The minimum absolute atomic E-state index is 0.0751. The minimum atomic E-state index is -1.09. The Balaban J connectivity index is 2.21. The molecule has 15 heavy (non-hydrogen) atoms.